The summed E-state index contributed by atoms with van der Waals surface area (Å²) < 4.78 is 25.3. The molecule has 5 nitrogen and oxygen atoms in total. The van der Waals surface area contributed by atoms with Gasteiger partial charge >= 0.3 is 5.97 Å². The molecule has 1 saturated heterocycles. The van der Waals surface area contributed by atoms with E-state index in [1.807, 2.05) is 24.3 Å². The lowest BCUT2D eigenvalue weighted by Crippen LogP contribution is -2.57. The molecule has 1 fully saturated rings. The summed E-state index contributed by atoms with van der Waals surface area (Å²) in [6.45, 7) is 2.14. The van der Waals surface area contributed by atoms with Crippen LogP contribution in [0, 0.1) is 11.7 Å². The fourth-order valence-electron chi connectivity index (χ4n) is 3.61. The molecule has 0 amide bonds. The quantitative estimate of drug-likeness (QED) is 0.846. The molecule has 2 aliphatic heterocycles. The molecule has 1 atom stereocenters. The van der Waals surface area contributed by atoms with Gasteiger partial charge in [0.1, 0.15) is 23.9 Å². The van der Waals surface area contributed by atoms with Gasteiger partial charge in [0.05, 0.1) is 12.5 Å². The third-order valence-electron chi connectivity index (χ3n) is 5.30. The largest absolute Gasteiger partial charge is 0.493 e. The van der Waals surface area contributed by atoms with E-state index in [1.165, 1.54) is 6.07 Å². The van der Waals surface area contributed by atoms with E-state index < -0.39 is 5.97 Å². The molecule has 2 aliphatic rings. The molecule has 6 heteroatoms. The Hall–Kier alpha value is -2.60. The molecular weight excluding hydrogens is 349 g/mol. The van der Waals surface area contributed by atoms with E-state index in [2.05, 4.69) is 4.90 Å². The molecule has 0 radical (unpaired) electrons. The molecule has 2 aromatic carbocycles. The monoisotopic (exact) mass is 371 g/mol. The minimum absolute atomic E-state index is 0.211. The predicted octanol–water partition coefficient (Wildman–Crippen LogP) is 2.77. The number of hydrogen-bond acceptors (Lipinski definition) is 4. The number of likely N-dealkylation sites (tertiary alicyclic amines) is 1. The first-order valence-electron chi connectivity index (χ1n) is 9.19. The van der Waals surface area contributed by atoms with Crippen LogP contribution in [0.5, 0.6) is 11.5 Å². The first-order valence-corrected chi connectivity index (χ1v) is 9.19. The topological polar surface area (TPSA) is 59.0 Å². The van der Waals surface area contributed by atoms with Crippen LogP contribution >= 0.6 is 0 Å². The third-order valence-corrected chi connectivity index (χ3v) is 5.30. The number of rotatable bonds is 6. The summed E-state index contributed by atoms with van der Waals surface area (Å²) in [7, 11) is 0. The Kier molecular flexibility index (Phi) is 4.99. The van der Waals surface area contributed by atoms with E-state index in [4.69, 9.17) is 14.6 Å². The molecule has 0 saturated carbocycles. The van der Waals surface area contributed by atoms with Crippen molar-refractivity contribution in [2.75, 3.05) is 26.3 Å². The number of benzene rings is 2. The highest BCUT2D eigenvalue weighted by Gasteiger charge is 2.38. The molecule has 0 spiro atoms. The Morgan fingerprint density at radius 2 is 2.07 bits per heavy atom. The SMILES string of the molecule is O=C(O)C1CN(C2COc3cc(OCCc4ccccc4F)ccc3C2)C1. The Bertz CT molecular complexity index is 835. The second kappa shape index (κ2) is 7.56. The number of fused-ring (bicyclic) bond motifs is 1. The third kappa shape index (κ3) is 3.90. The van der Waals surface area contributed by atoms with E-state index in [0.29, 0.717) is 44.0 Å². The van der Waals surface area contributed by atoms with Crippen LogP contribution in [0.25, 0.3) is 0 Å². The molecule has 0 aliphatic carbocycles. The molecule has 2 aromatic rings. The summed E-state index contributed by atoms with van der Waals surface area (Å²) in [5.74, 6) is 0.331. The van der Waals surface area contributed by atoms with Crippen molar-refractivity contribution in [1.82, 2.24) is 4.90 Å². The smallest absolute Gasteiger partial charge is 0.309 e. The summed E-state index contributed by atoms with van der Waals surface area (Å²) in [5, 5.41) is 9.00. The van der Waals surface area contributed by atoms with Gasteiger partial charge in [0.15, 0.2) is 0 Å². The minimum Gasteiger partial charge on any atom is -0.493 e. The second-order valence-electron chi connectivity index (χ2n) is 7.12. The van der Waals surface area contributed by atoms with Gasteiger partial charge in [-0.05, 0) is 29.7 Å². The summed E-state index contributed by atoms with van der Waals surface area (Å²) >= 11 is 0. The van der Waals surface area contributed by atoms with E-state index >= 15 is 0 Å². The average molecular weight is 371 g/mol. The normalized spacial score (nSPS) is 19.7. The fraction of sp³-hybridized carbons (Fsp3) is 0.381. The van der Waals surface area contributed by atoms with Crippen molar-refractivity contribution >= 4 is 5.97 Å². The number of carbonyl (C=O) groups is 1. The van der Waals surface area contributed by atoms with Crippen molar-refractivity contribution in [3.8, 4) is 11.5 Å². The van der Waals surface area contributed by atoms with E-state index in [-0.39, 0.29) is 17.8 Å². The van der Waals surface area contributed by atoms with Crippen LogP contribution in [0.4, 0.5) is 4.39 Å². The Morgan fingerprint density at radius 3 is 2.85 bits per heavy atom. The number of aliphatic carboxylic acids is 1. The van der Waals surface area contributed by atoms with Crippen LogP contribution < -0.4 is 9.47 Å². The van der Waals surface area contributed by atoms with Crippen LogP contribution in [0.2, 0.25) is 0 Å². The Labute approximate surface area is 157 Å². The molecule has 0 bridgehead atoms. The number of halogens is 1. The number of ether oxygens (including phenoxy) is 2. The van der Waals surface area contributed by atoms with Gasteiger partial charge in [-0.15, -0.1) is 0 Å². The van der Waals surface area contributed by atoms with Crippen LogP contribution in [0.1, 0.15) is 11.1 Å². The van der Waals surface area contributed by atoms with Crippen molar-refractivity contribution in [2.24, 2.45) is 5.92 Å². The maximum atomic E-state index is 13.6. The molecule has 1 N–H and O–H groups in total. The van der Waals surface area contributed by atoms with Crippen LogP contribution in [-0.4, -0.2) is 48.3 Å². The summed E-state index contributed by atoms with van der Waals surface area (Å²) in [6.07, 6.45) is 1.35. The van der Waals surface area contributed by atoms with Gasteiger partial charge in [-0.3, -0.25) is 9.69 Å². The van der Waals surface area contributed by atoms with Crippen LogP contribution in [-0.2, 0) is 17.6 Å². The molecule has 1 unspecified atom stereocenters. The van der Waals surface area contributed by atoms with E-state index in [9.17, 15) is 9.18 Å². The number of hydrogen-bond donors (Lipinski definition) is 1. The highest BCUT2D eigenvalue weighted by atomic mass is 19.1. The highest BCUT2D eigenvalue weighted by molar-refractivity contribution is 5.71. The van der Waals surface area contributed by atoms with Gasteiger partial charge in [-0.2, -0.15) is 0 Å². The van der Waals surface area contributed by atoms with Crippen molar-refractivity contribution in [3.05, 3.63) is 59.4 Å². The predicted molar refractivity (Wildman–Crippen MR) is 97.7 cm³/mol. The van der Waals surface area contributed by atoms with E-state index in [0.717, 1.165) is 17.7 Å². The van der Waals surface area contributed by atoms with Gasteiger partial charge < -0.3 is 14.6 Å². The zero-order valence-electron chi connectivity index (χ0n) is 14.9. The lowest BCUT2D eigenvalue weighted by atomic mass is 9.93. The lowest BCUT2D eigenvalue weighted by Gasteiger charge is -2.43. The lowest BCUT2D eigenvalue weighted by molar-refractivity contribution is -0.149. The van der Waals surface area contributed by atoms with Crippen molar-refractivity contribution in [2.45, 2.75) is 18.9 Å². The van der Waals surface area contributed by atoms with Gasteiger partial charge in [0.2, 0.25) is 0 Å². The standard InChI is InChI=1S/C21H22FNO4/c22-19-4-2-1-3-14(19)7-8-26-18-6-5-15-9-17(13-27-20(15)10-18)23-11-16(12-23)21(24)25/h1-6,10,16-17H,7-9,11-13H2,(H,24,25). The zero-order valence-corrected chi connectivity index (χ0v) is 14.9. The number of carboxylic acids is 1. The average Bonchev–Trinajstić information content (AvgIpc) is 2.62. The zero-order chi connectivity index (χ0) is 18.8. The Morgan fingerprint density at radius 1 is 1.26 bits per heavy atom. The fourth-order valence-corrected chi connectivity index (χ4v) is 3.61. The Balaban J connectivity index is 1.31. The summed E-state index contributed by atoms with van der Waals surface area (Å²) in [4.78, 5) is 13.1. The summed E-state index contributed by atoms with van der Waals surface area (Å²) in [6, 6.07) is 12.7. The molecule has 0 aromatic heterocycles. The first-order chi connectivity index (χ1) is 13.1. The van der Waals surface area contributed by atoms with Crippen molar-refractivity contribution in [1.29, 1.82) is 0 Å². The van der Waals surface area contributed by atoms with Crippen LogP contribution in [0.15, 0.2) is 42.5 Å². The maximum absolute atomic E-state index is 13.6. The van der Waals surface area contributed by atoms with Gasteiger partial charge in [0, 0.05) is 31.6 Å². The molecular formula is C21H22FNO4. The van der Waals surface area contributed by atoms with Crippen molar-refractivity contribution < 1.29 is 23.8 Å². The van der Waals surface area contributed by atoms with Gasteiger partial charge in [0.25, 0.3) is 0 Å². The molecule has 2 heterocycles. The van der Waals surface area contributed by atoms with E-state index in [1.54, 1.807) is 12.1 Å². The summed E-state index contributed by atoms with van der Waals surface area (Å²) in [5.41, 5.74) is 1.75. The van der Waals surface area contributed by atoms with Crippen molar-refractivity contribution in [3.63, 3.8) is 0 Å². The number of nitrogens with zero attached hydrogens (tertiary/aromatic N) is 1. The van der Waals surface area contributed by atoms with Crippen LogP contribution in [0.3, 0.4) is 0 Å². The highest BCUT2D eigenvalue weighted by Crippen LogP contribution is 2.32. The molecule has 142 valence electrons. The minimum atomic E-state index is -0.722. The maximum Gasteiger partial charge on any atom is 0.309 e. The molecule has 4 rings (SSSR count). The first kappa shape index (κ1) is 17.8. The van der Waals surface area contributed by atoms with Gasteiger partial charge in [-0.25, -0.2) is 4.39 Å². The number of carboxylic acid groups (broad SMARTS) is 1. The van der Waals surface area contributed by atoms with Gasteiger partial charge in [-0.1, -0.05) is 24.3 Å². The molecule has 27 heavy (non-hydrogen) atoms. The second-order valence-corrected chi connectivity index (χ2v) is 7.12.